The molecule has 0 spiro atoms. The third kappa shape index (κ3) is 1.07. The van der Waals surface area contributed by atoms with Crippen molar-refractivity contribution in [3.05, 3.63) is 29.3 Å². The first kappa shape index (κ1) is 8.72. The van der Waals surface area contributed by atoms with Crippen molar-refractivity contribution in [1.29, 1.82) is 5.26 Å². The molecule has 0 fully saturated rings. The van der Waals surface area contributed by atoms with Gasteiger partial charge in [0.1, 0.15) is 4.90 Å². The zero-order chi connectivity index (χ0) is 10.3. The number of sulfonamides is 1. The van der Waals surface area contributed by atoms with Gasteiger partial charge in [-0.15, -0.1) is 0 Å². The molecule has 6 heteroatoms. The number of nitrogens with zero attached hydrogens (tertiary/aromatic N) is 1. The van der Waals surface area contributed by atoms with E-state index in [1.807, 2.05) is 10.8 Å². The Morgan fingerprint density at radius 3 is 2.71 bits per heavy atom. The van der Waals surface area contributed by atoms with Crippen LogP contribution in [0.25, 0.3) is 0 Å². The van der Waals surface area contributed by atoms with Crippen LogP contribution in [0.4, 0.5) is 0 Å². The summed E-state index contributed by atoms with van der Waals surface area (Å²) in [6.07, 6.45) is 0. The predicted molar refractivity (Wildman–Crippen MR) is 45.8 cm³/mol. The highest BCUT2D eigenvalue weighted by molar-refractivity contribution is 7.90. The average Bonchev–Trinajstić information content (AvgIpc) is 2.37. The van der Waals surface area contributed by atoms with Gasteiger partial charge in [0.25, 0.3) is 15.9 Å². The lowest BCUT2D eigenvalue weighted by molar-refractivity contribution is 0.0985. The summed E-state index contributed by atoms with van der Waals surface area (Å²) in [5.74, 6) is -0.683. The lowest BCUT2D eigenvalue weighted by Gasteiger charge is -1.93. The molecule has 0 saturated heterocycles. The van der Waals surface area contributed by atoms with Crippen molar-refractivity contribution < 1.29 is 13.2 Å². The highest BCUT2D eigenvalue weighted by Crippen LogP contribution is 2.22. The van der Waals surface area contributed by atoms with Gasteiger partial charge in [-0.1, -0.05) is 0 Å². The number of hydrogen-bond donors (Lipinski definition) is 1. The third-order valence-corrected chi connectivity index (χ3v) is 3.26. The van der Waals surface area contributed by atoms with Gasteiger partial charge >= 0.3 is 0 Å². The summed E-state index contributed by atoms with van der Waals surface area (Å²) in [5, 5.41) is 8.55. The highest BCUT2D eigenvalue weighted by Gasteiger charge is 2.32. The molecular weight excluding hydrogens is 204 g/mol. The lowest BCUT2D eigenvalue weighted by atomic mass is 10.1. The summed E-state index contributed by atoms with van der Waals surface area (Å²) in [7, 11) is -3.69. The molecule has 1 aliphatic rings. The van der Waals surface area contributed by atoms with E-state index < -0.39 is 15.9 Å². The van der Waals surface area contributed by atoms with Gasteiger partial charge in [-0.05, 0) is 18.2 Å². The van der Waals surface area contributed by atoms with Crippen LogP contribution in [0.3, 0.4) is 0 Å². The number of carbonyl (C=O) groups is 1. The lowest BCUT2D eigenvalue weighted by Crippen LogP contribution is -2.20. The van der Waals surface area contributed by atoms with Crippen LogP contribution in [0, 0.1) is 11.3 Å². The summed E-state index contributed by atoms with van der Waals surface area (Å²) in [4.78, 5) is 11.1. The molecule has 0 saturated carbocycles. The molecule has 0 radical (unpaired) electrons. The Hall–Kier alpha value is -1.87. The van der Waals surface area contributed by atoms with E-state index in [0.29, 0.717) is 0 Å². The van der Waals surface area contributed by atoms with Crippen molar-refractivity contribution in [2.24, 2.45) is 0 Å². The minimum absolute atomic E-state index is 0.0315. The molecule has 0 aliphatic carbocycles. The summed E-state index contributed by atoms with van der Waals surface area (Å²) in [6, 6.07) is 5.70. The van der Waals surface area contributed by atoms with Crippen molar-refractivity contribution >= 4 is 15.9 Å². The van der Waals surface area contributed by atoms with E-state index in [4.69, 9.17) is 5.26 Å². The van der Waals surface area contributed by atoms with Gasteiger partial charge < -0.3 is 0 Å². The van der Waals surface area contributed by atoms with E-state index >= 15 is 0 Å². The molecule has 0 bridgehead atoms. The SMILES string of the molecule is N#Cc1ccc2c(c1)C(=O)NS2(=O)=O. The van der Waals surface area contributed by atoms with Gasteiger partial charge in [-0.25, -0.2) is 13.1 Å². The van der Waals surface area contributed by atoms with Crippen molar-refractivity contribution in [1.82, 2.24) is 4.72 Å². The minimum Gasteiger partial charge on any atom is -0.268 e. The molecular formula is C8H4N2O3S. The Morgan fingerprint density at radius 2 is 2.07 bits per heavy atom. The molecule has 1 heterocycles. The zero-order valence-corrected chi connectivity index (χ0v) is 7.63. The first-order valence-corrected chi connectivity index (χ1v) is 5.14. The van der Waals surface area contributed by atoms with Gasteiger partial charge in [0, 0.05) is 0 Å². The van der Waals surface area contributed by atoms with Crippen LogP contribution in [-0.4, -0.2) is 14.3 Å². The van der Waals surface area contributed by atoms with E-state index in [0.717, 1.165) is 0 Å². The van der Waals surface area contributed by atoms with E-state index in [9.17, 15) is 13.2 Å². The Kier molecular flexibility index (Phi) is 1.59. The van der Waals surface area contributed by atoms with Crippen LogP contribution in [0.5, 0.6) is 0 Å². The second-order valence-electron chi connectivity index (χ2n) is 2.76. The van der Waals surface area contributed by atoms with Crippen LogP contribution in [0.15, 0.2) is 23.1 Å². The van der Waals surface area contributed by atoms with Crippen molar-refractivity contribution in [3.63, 3.8) is 0 Å². The fraction of sp³-hybridized carbons (Fsp3) is 0. The van der Waals surface area contributed by atoms with Gasteiger partial charge in [-0.3, -0.25) is 4.79 Å². The third-order valence-electron chi connectivity index (χ3n) is 1.87. The summed E-state index contributed by atoms with van der Waals surface area (Å²) < 4.78 is 24.3. The number of hydrogen-bond acceptors (Lipinski definition) is 4. The van der Waals surface area contributed by atoms with Crippen LogP contribution in [0.2, 0.25) is 0 Å². The molecule has 2 rings (SSSR count). The maximum atomic E-state index is 11.2. The van der Waals surface area contributed by atoms with Crippen LogP contribution in [0.1, 0.15) is 15.9 Å². The van der Waals surface area contributed by atoms with E-state index in [1.165, 1.54) is 18.2 Å². The fourth-order valence-corrected chi connectivity index (χ4v) is 2.40. The monoisotopic (exact) mass is 208 g/mol. The molecule has 0 aromatic heterocycles. The molecule has 0 unspecified atom stereocenters. The molecule has 1 aliphatic heterocycles. The van der Waals surface area contributed by atoms with Gasteiger partial charge in [-0.2, -0.15) is 5.26 Å². The quantitative estimate of drug-likeness (QED) is 0.649. The molecule has 1 aromatic rings. The van der Waals surface area contributed by atoms with Crippen molar-refractivity contribution in [3.8, 4) is 6.07 Å². The van der Waals surface area contributed by atoms with Crippen LogP contribution >= 0.6 is 0 Å². The van der Waals surface area contributed by atoms with E-state index in [2.05, 4.69) is 0 Å². The fourth-order valence-electron chi connectivity index (χ4n) is 1.24. The van der Waals surface area contributed by atoms with Gasteiger partial charge in [0.2, 0.25) is 0 Å². The number of amides is 1. The maximum Gasteiger partial charge on any atom is 0.266 e. The first-order valence-electron chi connectivity index (χ1n) is 3.66. The largest absolute Gasteiger partial charge is 0.268 e. The Bertz CT molecular complexity index is 569. The van der Waals surface area contributed by atoms with Crippen molar-refractivity contribution in [2.45, 2.75) is 4.90 Å². The Labute approximate surface area is 80.0 Å². The van der Waals surface area contributed by atoms with Gasteiger partial charge in [0.15, 0.2) is 0 Å². The molecule has 0 atom stereocenters. The number of benzene rings is 1. The number of nitrogens with one attached hydrogen (secondary N) is 1. The van der Waals surface area contributed by atoms with Gasteiger partial charge in [0.05, 0.1) is 17.2 Å². The standard InChI is InChI=1S/C8H4N2O3S/c9-4-5-1-2-7-6(3-5)8(11)10-14(7,12)13/h1-3H,(H,10,11). The van der Waals surface area contributed by atoms with Crippen LogP contribution in [-0.2, 0) is 10.0 Å². The molecule has 5 nitrogen and oxygen atoms in total. The van der Waals surface area contributed by atoms with E-state index in [-0.39, 0.29) is 16.0 Å². The normalized spacial score (nSPS) is 16.9. The Balaban J connectivity index is 2.78. The molecule has 70 valence electrons. The summed E-state index contributed by atoms with van der Waals surface area (Å²) in [5.41, 5.74) is 0.292. The number of nitriles is 1. The molecule has 14 heavy (non-hydrogen) atoms. The Morgan fingerprint density at radius 1 is 1.36 bits per heavy atom. The average molecular weight is 208 g/mol. The minimum atomic E-state index is -3.69. The highest BCUT2D eigenvalue weighted by atomic mass is 32.2. The summed E-state index contributed by atoms with van der Waals surface area (Å²) >= 11 is 0. The topological polar surface area (TPSA) is 87.0 Å². The second-order valence-corrected chi connectivity index (χ2v) is 4.41. The smallest absolute Gasteiger partial charge is 0.266 e. The van der Waals surface area contributed by atoms with Crippen LogP contribution < -0.4 is 4.72 Å². The first-order chi connectivity index (χ1) is 6.54. The summed E-state index contributed by atoms with van der Waals surface area (Å²) in [6.45, 7) is 0. The number of carbonyl (C=O) groups excluding carboxylic acids is 1. The number of fused-ring (bicyclic) bond motifs is 1. The maximum absolute atomic E-state index is 11.2. The predicted octanol–water partition coefficient (Wildman–Crippen LogP) is -0.00962. The number of rotatable bonds is 0. The molecule has 1 amide bonds. The zero-order valence-electron chi connectivity index (χ0n) is 6.81. The van der Waals surface area contributed by atoms with Crippen molar-refractivity contribution in [2.75, 3.05) is 0 Å². The second kappa shape index (κ2) is 2.56. The molecule has 1 N–H and O–H groups in total. The molecule has 1 aromatic carbocycles. The van der Waals surface area contributed by atoms with E-state index in [1.54, 1.807) is 0 Å².